The number of nitrogens with zero attached hydrogens (tertiary/aromatic N) is 1. The summed E-state index contributed by atoms with van der Waals surface area (Å²) in [7, 11) is 0. The number of carbonyl (C=O) groups excluding carboxylic acids is 2. The van der Waals surface area contributed by atoms with Gasteiger partial charge in [-0.1, -0.05) is 65.8 Å². The van der Waals surface area contributed by atoms with Crippen LogP contribution >= 0.6 is 23.4 Å². The predicted molar refractivity (Wildman–Crippen MR) is 146 cm³/mol. The fourth-order valence-electron chi connectivity index (χ4n) is 4.19. The summed E-state index contributed by atoms with van der Waals surface area (Å²) in [5.74, 6) is -1.32. The summed E-state index contributed by atoms with van der Waals surface area (Å²) in [5, 5.41) is 17.3. The van der Waals surface area contributed by atoms with Gasteiger partial charge >= 0.3 is 5.97 Å². The number of hydrogen-bond donors (Lipinski definition) is 2. The molecule has 2 N–H and O–H groups in total. The first-order valence-corrected chi connectivity index (χ1v) is 12.7. The molecule has 1 aliphatic heterocycles. The third-order valence-electron chi connectivity index (χ3n) is 5.69. The van der Waals surface area contributed by atoms with Crippen LogP contribution < -0.4 is 10.6 Å². The highest BCUT2D eigenvalue weighted by atomic mass is 35.5. The molecule has 6 nitrogen and oxygen atoms in total. The Morgan fingerprint density at radius 2 is 1.83 bits per heavy atom. The second-order valence-corrected chi connectivity index (χ2v) is 9.92. The van der Waals surface area contributed by atoms with Crippen molar-refractivity contribution in [2.45, 2.75) is 33.6 Å². The van der Waals surface area contributed by atoms with Crippen LogP contribution in [0.3, 0.4) is 0 Å². The molecule has 8 heteroatoms. The monoisotopic (exact) mass is 521 g/mol. The Labute approximate surface area is 221 Å². The Bertz CT molecular complexity index is 1280. The summed E-state index contributed by atoms with van der Waals surface area (Å²) in [6, 6.07) is 13.3. The van der Waals surface area contributed by atoms with Gasteiger partial charge in [-0.2, -0.15) is 5.26 Å². The fraction of sp³-hybridized carbons (Fsp3) is 0.250. The molecule has 0 spiro atoms. The number of halogens is 1. The van der Waals surface area contributed by atoms with Gasteiger partial charge in [-0.3, -0.25) is 4.79 Å². The molecule has 2 aromatic rings. The van der Waals surface area contributed by atoms with Gasteiger partial charge in [-0.25, -0.2) is 4.79 Å². The van der Waals surface area contributed by atoms with Crippen molar-refractivity contribution in [3.63, 3.8) is 0 Å². The minimum Gasteiger partial charge on any atom is -0.458 e. The topological polar surface area (TPSA) is 91.2 Å². The van der Waals surface area contributed by atoms with E-state index in [1.807, 2.05) is 32.9 Å². The summed E-state index contributed by atoms with van der Waals surface area (Å²) >= 11 is 7.29. The Morgan fingerprint density at radius 1 is 1.19 bits per heavy atom. The minimum atomic E-state index is -0.669. The maximum absolute atomic E-state index is 12.9. The van der Waals surface area contributed by atoms with E-state index in [1.54, 1.807) is 31.2 Å². The van der Waals surface area contributed by atoms with E-state index in [2.05, 4.69) is 23.3 Å². The number of allylic oxidation sites excluding steroid dienone is 2. The van der Waals surface area contributed by atoms with Crippen molar-refractivity contribution in [3.8, 4) is 6.07 Å². The van der Waals surface area contributed by atoms with E-state index in [4.69, 9.17) is 16.3 Å². The van der Waals surface area contributed by atoms with Gasteiger partial charge in [0, 0.05) is 16.4 Å². The van der Waals surface area contributed by atoms with Gasteiger partial charge in [0.25, 0.3) is 0 Å². The number of benzene rings is 2. The number of rotatable bonds is 8. The van der Waals surface area contributed by atoms with Gasteiger partial charge in [0.2, 0.25) is 5.91 Å². The van der Waals surface area contributed by atoms with Crippen LogP contribution in [0, 0.1) is 32.1 Å². The van der Waals surface area contributed by atoms with Crippen LogP contribution in [0.1, 0.15) is 35.1 Å². The summed E-state index contributed by atoms with van der Waals surface area (Å²) in [6.07, 6.45) is 1.49. The highest BCUT2D eigenvalue weighted by Crippen LogP contribution is 2.41. The number of nitriles is 1. The third kappa shape index (κ3) is 6.20. The second-order valence-electron chi connectivity index (χ2n) is 8.50. The maximum atomic E-state index is 12.9. The first-order chi connectivity index (χ1) is 17.2. The van der Waals surface area contributed by atoms with Crippen LogP contribution in [0.2, 0.25) is 5.02 Å². The molecule has 1 aliphatic rings. The zero-order valence-electron chi connectivity index (χ0n) is 20.7. The normalized spacial score (nSPS) is 15.2. The molecule has 0 saturated heterocycles. The Kier molecular flexibility index (Phi) is 9.03. The molecular formula is C28H28ClN3O3S. The van der Waals surface area contributed by atoms with Crippen LogP contribution in [-0.2, 0) is 14.3 Å². The molecule has 0 radical (unpaired) electrons. The average molecular weight is 522 g/mol. The number of ether oxygens (including phenoxy) is 1. The Morgan fingerprint density at radius 3 is 2.42 bits per heavy atom. The molecule has 2 aromatic carbocycles. The van der Waals surface area contributed by atoms with Crippen molar-refractivity contribution in [2.75, 3.05) is 17.7 Å². The standard InChI is InChI=1S/C28H28ClN3O3S/c1-6-11-35-28(34)24-19(5)31-27(22(14-30)25(24)20-7-9-21(29)10-8-20)36-15-23(33)32-26-17(3)12-16(2)13-18(26)4/h6-10,12-13,25,31H,1,11,15H2,2-5H3,(H,32,33)/t25-/m0/s1. The lowest BCUT2D eigenvalue weighted by atomic mass is 9.82. The zero-order chi connectivity index (χ0) is 26.4. The van der Waals surface area contributed by atoms with E-state index in [0.29, 0.717) is 26.9 Å². The lowest BCUT2D eigenvalue weighted by Crippen LogP contribution is -2.29. The van der Waals surface area contributed by atoms with Crippen LogP contribution in [0.25, 0.3) is 0 Å². The van der Waals surface area contributed by atoms with Crippen LogP contribution in [0.4, 0.5) is 5.69 Å². The quantitative estimate of drug-likeness (QED) is 0.324. The van der Waals surface area contributed by atoms with Crippen LogP contribution in [0.15, 0.2) is 70.9 Å². The highest BCUT2D eigenvalue weighted by molar-refractivity contribution is 8.03. The molecular weight excluding hydrogens is 494 g/mol. The highest BCUT2D eigenvalue weighted by Gasteiger charge is 2.35. The van der Waals surface area contributed by atoms with Crippen LogP contribution in [0.5, 0.6) is 0 Å². The summed E-state index contributed by atoms with van der Waals surface area (Å²) < 4.78 is 5.32. The van der Waals surface area contributed by atoms with Crippen molar-refractivity contribution in [1.82, 2.24) is 5.32 Å². The van der Waals surface area contributed by atoms with Gasteiger partial charge in [0.15, 0.2) is 0 Å². The molecule has 1 amide bonds. The van der Waals surface area contributed by atoms with E-state index in [9.17, 15) is 14.9 Å². The lowest BCUT2D eigenvalue weighted by Gasteiger charge is -2.29. The van der Waals surface area contributed by atoms with Gasteiger partial charge in [-0.05, 0) is 56.5 Å². The van der Waals surface area contributed by atoms with Crippen LogP contribution in [-0.4, -0.2) is 24.2 Å². The zero-order valence-corrected chi connectivity index (χ0v) is 22.3. The number of nitrogens with one attached hydrogen (secondary N) is 2. The number of aryl methyl sites for hydroxylation is 3. The third-order valence-corrected chi connectivity index (χ3v) is 6.96. The van der Waals surface area contributed by atoms with E-state index in [1.165, 1.54) is 17.8 Å². The van der Waals surface area contributed by atoms with E-state index in [-0.39, 0.29) is 18.3 Å². The van der Waals surface area contributed by atoms with Crippen molar-refractivity contribution in [2.24, 2.45) is 0 Å². The number of carbonyl (C=O) groups is 2. The largest absolute Gasteiger partial charge is 0.458 e. The van der Waals surface area contributed by atoms with Gasteiger partial charge in [0.05, 0.1) is 33.9 Å². The van der Waals surface area contributed by atoms with Gasteiger partial charge in [0.1, 0.15) is 6.61 Å². The first kappa shape index (κ1) is 27.1. The molecule has 1 heterocycles. The van der Waals surface area contributed by atoms with E-state index >= 15 is 0 Å². The Balaban J connectivity index is 1.90. The molecule has 3 rings (SSSR count). The minimum absolute atomic E-state index is 0.0498. The van der Waals surface area contributed by atoms with Crippen molar-refractivity contribution < 1.29 is 14.3 Å². The number of anilines is 1. The smallest absolute Gasteiger partial charge is 0.337 e. The molecule has 1 atom stereocenters. The van der Waals surface area contributed by atoms with E-state index < -0.39 is 11.9 Å². The second kappa shape index (κ2) is 12.0. The number of hydrogen-bond acceptors (Lipinski definition) is 6. The molecule has 0 bridgehead atoms. The molecule has 0 aromatic heterocycles. The van der Waals surface area contributed by atoms with Crippen molar-refractivity contribution in [3.05, 3.63) is 98.2 Å². The number of esters is 1. The summed E-state index contributed by atoms with van der Waals surface area (Å²) in [4.78, 5) is 25.8. The molecule has 0 unspecified atom stereocenters. The molecule has 186 valence electrons. The lowest BCUT2D eigenvalue weighted by molar-refractivity contribution is -0.138. The van der Waals surface area contributed by atoms with Crippen molar-refractivity contribution in [1.29, 1.82) is 5.26 Å². The number of thioether (sulfide) groups is 1. The fourth-order valence-corrected chi connectivity index (χ4v) is 5.21. The average Bonchev–Trinajstić information content (AvgIpc) is 2.83. The molecule has 0 fully saturated rings. The van der Waals surface area contributed by atoms with Gasteiger partial charge in [-0.15, -0.1) is 0 Å². The summed E-state index contributed by atoms with van der Waals surface area (Å²) in [6.45, 7) is 11.3. The number of dihydropyridines is 1. The van der Waals surface area contributed by atoms with E-state index in [0.717, 1.165) is 27.9 Å². The SMILES string of the molecule is C=CCOC(=O)C1=C(C)NC(SCC(=O)Nc2c(C)cc(C)cc2C)=C(C#N)[C@@H]1c1ccc(Cl)cc1. The summed E-state index contributed by atoms with van der Waals surface area (Å²) in [5.41, 5.74) is 5.83. The Hall–Kier alpha value is -3.47. The maximum Gasteiger partial charge on any atom is 0.337 e. The van der Waals surface area contributed by atoms with Gasteiger partial charge < -0.3 is 15.4 Å². The molecule has 0 aliphatic carbocycles. The first-order valence-electron chi connectivity index (χ1n) is 11.3. The van der Waals surface area contributed by atoms with Crippen molar-refractivity contribution >= 4 is 40.9 Å². The number of amides is 1. The molecule has 0 saturated carbocycles. The molecule has 36 heavy (non-hydrogen) atoms. The predicted octanol–water partition coefficient (Wildman–Crippen LogP) is 6.06.